The summed E-state index contributed by atoms with van der Waals surface area (Å²) < 4.78 is 65.0. The summed E-state index contributed by atoms with van der Waals surface area (Å²) >= 11 is 0. The maximum absolute atomic E-state index is 15.9. The first kappa shape index (κ1) is 27.6. The van der Waals surface area contributed by atoms with E-state index in [-0.39, 0.29) is 18.3 Å². The van der Waals surface area contributed by atoms with Crippen molar-refractivity contribution in [1.29, 1.82) is 0 Å². The summed E-state index contributed by atoms with van der Waals surface area (Å²) in [5, 5.41) is 6.56. The Morgan fingerprint density at radius 2 is 1.23 bits per heavy atom. The van der Waals surface area contributed by atoms with Crippen molar-refractivity contribution in [2.45, 2.75) is 70.5 Å². The van der Waals surface area contributed by atoms with Gasteiger partial charge in [0.25, 0.3) is 0 Å². The molecule has 212 valence electrons. The molecule has 4 fully saturated rings. The Morgan fingerprint density at radius 3 is 1.62 bits per heavy atom. The van der Waals surface area contributed by atoms with E-state index in [4.69, 9.17) is 3.63 Å². The molecule has 4 aliphatic carbocycles. The lowest BCUT2D eigenvalue weighted by atomic mass is 9.46. The van der Waals surface area contributed by atoms with Gasteiger partial charge in [-0.3, -0.25) is 4.79 Å². The van der Waals surface area contributed by atoms with Gasteiger partial charge in [-0.1, -0.05) is 54.6 Å². The van der Waals surface area contributed by atoms with Crippen LogP contribution in [-0.4, -0.2) is 30.2 Å². The van der Waals surface area contributed by atoms with Crippen LogP contribution >= 0.6 is 10.3 Å². The number of rotatable bonds is 9. The Hall–Kier alpha value is -2.59. The molecule has 0 heterocycles. The Labute approximate surface area is 235 Å². The molecule has 4 bridgehead atoms. The first-order chi connectivity index (χ1) is 19.0. The third-order valence-electron chi connectivity index (χ3n) is 8.77. The SMILES string of the molecule is O=C(CC(F)(F)S(=O)(=O)OS(c1ccccc1)(c1ccccc1)c1ccccc1)C12CC3CC(CC(O)(C3)C1)C2. The fourth-order valence-corrected chi connectivity index (χ4v) is 12.7. The normalized spacial score (nSPS) is 28.4. The molecule has 5 nitrogen and oxygen atoms in total. The number of halogens is 2. The van der Waals surface area contributed by atoms with Crippen LogP contribution in [-0.2, 0) is 18.5 Å². The van der Waals surface area contributed by atoms with Crippen LogP contribution in [0.15, 0.2) is 106 Å². The van der Waals surface area contributed by atoms with E-state index in [0.29, 0.717) is 40.4 Å². The number of hydrogen-bond acceptors (Lipinski definition) is 5. The molecule has 0 amide bonds. The zero-order valence-electron chi connectivity index (χ0n) is 21.9. The van der Waals surface area contributed by atoms with Gasteiger partial charge in [0, 0.05) is 20.1 Å². The average Bonchev–Trinajstić information content (AvgIpc) is 2.91. The van der Waals surface area contributed by atoms with Crippen molar-refractivity contribution in [3.05, 3.63) is 91.0 Å². The molecule has 40 heavy (non-hydrogen) atoms. The molecule has 4 saturated carbocycles. The number of carbonyl (C=O) groups is 1. The lowest BCUT2D eigenvalue weighted by Gasteiger charge is -2.59. The molecule has 2 atom stereocenters. The van der Waals surface area contributed by atoms with E-state index in [1.807, 2.05) is 0 Å². The summed E-state index contributed by atoms with van der Waals surface area (Å²) in [4.78, 5) is 14.9. The van der Waals surface area contributed by atoms with Gasteiger partial charge in [0.1, 0.15) is 5.78 Å². The van der Waals surface area contributed by atoms with Crippen molar-refractivity contribution < 1.29 is 30.7 Å². The highest BCUT2D eigenvalue weighted by Crippen LogP contribution is 2.71. The molecule has 9 heteroatoms. The van der Waals surface area contributed by atoms with Crippen molar-refractivity contribution in [2.24, 2.45) is 17.3 Å². The number of hydrogen-bond donors (Lipinski definition) is 1. The molecule has 3 aromatic carbocycles. The number of alkyl halides is 2. The first-order valence-corrected chi connectivity index (χ1v) is 16.5. The molecular formula is C31H32F2O5S2. The number of aliphatic hydroxyl groups is 1. The van der Waals surface area contributed by atoms with Crippen LogP contribution in [0.3, 0.4) is 0 Å². The largest absolute Gasteiger partial charge is 0.390 e. The zero-order valence-corrected chi connectivity index (χ0v) is 23.6. The third-order valence-corrected chi connectivity index (χ3v) is 14.0. The van der Waals surface area contributed by atoms with E-state index in [2.05, 4.69) is 0 Å². The van der Waals surface area contributed by atoms with E-state index < -0.39 is 48.9 Å². The predicted octanol–water partition coefficient (Wildman–Crippen LogP) is 7.11. The highest BCUT2D eigenvalue weighted by molar-refractivity contribution is 8.33. The monoisotopic (exact) mass is 586 g/mol. The van der Waals surface area contributed by atoms with Crippen LogP contribution < -0.4 is 0 Å². The third kappa shape index (κ3) is 4.61. The summed E-state index contributed by atoms with van der Waals surface area (Å²) in [5.74, 6) is -0.594. The van der Waals surface area contributed by atoms with E-state index in [1.54, 1.807) is 91.0 Å². The minimum atomic E-state index is -5.62. The number of ketones is 1. The molecule has 4 aliphatic rings. The van der Waals surface area contributed by atoms with Crippen LogP contribution in [0.4, 0.5) is 8.78 Å². The van der Waals surface area contributed by atoms with Gasteiger partial charge in [-0.25, -0.2) is 3.63 Å². The quantitative estimate of drug-likeness (QED) is 0.289. The average molecular weight is 587 g/mol. The van der Waals surface area contributed by atoms with E-state index in [9.17, 15) is 18.3 Å². The molecule has 7 rings (SSSR count). The Kier molecular flexibility index (Phi) is 6.72. The molecule has 0 radical (unpaired) electrons. The molecule has 0 aliphatic heterocycles. The molecule has 0 saturated heterocycles. The van der Waals surface area contributed by atoms with E-state index in [1.165, 1.54) is 0 Å². The highest BCUT2D eigenvalue weighted by atomic mass is 32.3. The summed E-state index contributed by atoms with van der Waals surface area (Å²) in [5.41, 5.74) is -2.14. The second kappa shape index (κ2) is 9.76. The van der Waals surface area contributed by atoms with Crippen molar-refractivity contribution in [3.8, 4) is 0 Å². The predicted molar refractivity (Wildman–Crippen MR) is 148 cm³/mol. The van der Waals surface area contributed by atoms with Gasteiger partial charge in [-0.15, -0.1) is 0 Å². The summed E-state index contributed by atoms with van der Waals surface area (Å²) in [6, 6.07) is 25.5. The summed E-state index contributed by atoms with van der Waals surface area (Å²) in [7, 11) is -8.81. The Bertz CT molecular complexity index is 1390. The fourth-order valence-electron chi connectivity index (χ4n) is 7.55. The second-order valence-corrected chi connectivity index (χ2v) is 16.3. The van der Waals surface area contributed by atoms with Crippen LogP contribution in [0.25, 0.3) is 0 Å². The minimum Gasteiger partial charge on any atom is -0.390 e. The van der Waals surface area contributed by atoms with Gasteiger partial charge in [-0.05, 0) is 97.1 Å². The van der Waals surface area contributed by atoms with Crippen LogP contribution in [0, 0.1) is 17.3 Å². The van der Waals surface area contributed by atoms with Gasteiger partial charge in [0.2, 0.25) is 0 Å². The van der Waals surface area contributed by atoms with Gasteiger partial charge < -0.3 is 5.11 Å². The highest BCUT2D eigenvalue weighted by Gasteiger charge is 2.62. The van der Waals surface area contributed by atoms with Crippen LogP contribution in [0.5, 0.6) is 0 Å². The second-order valence-electron chi connectivity index (χ2n) is 11.7. The summed E-state index contributed by atoms with van der Waals surface area (Å²) in [6.45, 7) is 0. The lowest BCUT2D eigenvalue weighted by molar-refractivity contribution is -0.178. The lowest BCUT2D eigenvalue weighted by Crippen LogP contribution is -2.58. The maximum atomic E-state index is 15.9. The van der Waals surface area contributed by atoms with Crippen molar-refractivity contribution in [1.82, 2.24) is 0 Å². The van der Waals surface area contributed by atoms with Gasteiger partial charge in [0.05, 0.1) is 12.0 Å². The van der Waals surface area contributed by atoms with Gasteiger partial charge in [0.15, 0.2) is 0 Å². The molecule has 0 aromatic heterocycles. The molecule has 3 aromatic rings. The molecule has 1 N–H and O–H groups in total. The molecule has 2 unspecified atom stereocenters. The number of Topliss-reactive ketones (excluding diaryl/α,β-unsaturated/α-hetero) is 1. The summed E-state index contributed by atoms with van der Waals surface area (Å²) in [6.07, 6.45) is 1.53. The van der Waals surface area contributed by atoms with Crippen molar-refractivity contribution in [3.63, 3.8) is 0 Å². The first-order valence-electron chi connectivity index (χ1n) is 13.5. The van der Waals surface area contributed by atoms with Crippen molar-refractivity contribution in [2.75, 3.05) is 0 Å². The molecular weight excluding hydrogens is 554 g/mol. The van der Waals surface area contributed by atoms with E-state index >= 15 is 8.78 Å². The zero-order chi connectivity index (χ0) is 28.2. The van der Waals surface area contributed by atoms with Gasteiger partial charge in [-0.2, -0.15) is 17.2 Å². The smallest absolute Gasteiger partial charge is 0.377 e. The Morgan fingerprint density at radius 1 is 0.800 bits per heavy atom. The standard InChI is InChI=1S/C31H32F2O5S2/c32-31(33,21-28(34)29-17-23-16-24(18-29)20-30(35,19-23)22-29)40(36,37)38-39(25-10-4-1-5-11-25,26-12-6-2-7-13-26)27-14-8-3-9-15-27/h1-15,23-24,35H,16-22H2. The van der Waals surface area contributed by atoms with Crippen molar-refractivity contribution >= 4 is 26.2 Å². The molecule has 0 spiro atoms. The fraction of sp³-hybridized carbons (Fsp3) is 0.387. The van der Waals surface area contributed by atoms with Gasteiger partial charge >= 0.3 is 15.4 Å². The number of benzene rings is 3. The van der Waals surface area contributed by atoms with Crippen LogP contribution in [0.1, 0.15) is 44.9 Å². The minimum absolute atomic E-state index is 0.100. The maximum Gasteiger partial charge on any atom is 0.377 e. The van der Waals surface area contributed by atoms with E-state index in [0.717, 1.165) is 6.42 Å². The number of carbonyl (C=O) groups excluding carboxylic acids is 1. The van der Waals surface area contributed by atoms with Crippen LogP contribution in [0.2, 0.25) is 0 Å². The Balaban J connectivity index is 1.39. The topological polar surface area (TPSA) is 80.7 Å².